The van der Waals surface area contributed by atoms with Crippen LogP contribution in [-0.2, 0) is 14.8 Å². The number of anilines is 1. The standard InChI is InChI=1S/C23H22FN3O5S/c24-17-4-10-21(11-5-17)33(29,30)27-18-6-8-19(9-7-18)32-22-12-3-16(14-25-22)23(28)26-15-20-2-1-13-31-20/h3-12,14,20,27H,1-2,13,15H2,(H,26,28)/t20-/m1/s1. The minimum atomic E-state index is -3.84. The highest BCUT2D eigenvalue weighted by molar-refractivity contribution is 7.92. The van der Waals surface area contributed by atoms with Crippen LogP contribution in [0.25, 0.3) is 0 Å². The first-order valence-electron chi connectivity index (χ1n) is 10.3. The lowest BCUT2D eigenvalue weighted by atomic mass is 10.2. The van der Waals surface area contributed by atoms with Crippen molar-refractivity contribution in [1.29, 1.82) is 0 Å². The lowest BCUT2D eigenvalue weighted by Crippen LogP contribution is -2.31. The van der Waals surface area contributed by atoms with E-state index in [0.29, 0.717) is 23.5 Å². The molecule has 33 heavy (non-hydrogen) atoms. The SMILES string of the molecule is O=C(NC[C@H]1CCCO1)c1ccc(Oc2ccc(NS(=O)(=O)c3ccc(F)cc3)cc2)nc1. The normalized spacial score (nSPS) is 15.7. The number of rotatable bonds is 8. The Bertz CT molecular complexity index is 1190. The van der Waals surface area contributed by atoms with Crippen LogP contribution in [0.5, 0.6) is 11.6 Å². The molecule has 8 nitrogen and oxygen atoms in total. The maximum atomic E-state index is 13.0. The summed E-state index contributed by atoms with van der Waals surface area (Å²) in [6, 6.07) is 13.9. The zero-order valence-corrected chi connectivity index (χ0v) is 18.3. The van der Waals surface area contributed by atoms with Gasteiger partial charge in [-0.05, 0) is 67.4 Å². The van der Waals surface area contributed by atoms with E-state index in [4.69, 9.17) is 9.47 Å². The monoisotopic (exact) mass is 471 g/mol. The average Bonchev–Trinajstić information content (AvgIpc) is 3.33. The molecule has 1 fully saturated rings. The second-order valence-corrected chi connectivity index (χ2v) is 9.10. The number of carbonyl (C=O) groups excluding carboxylic acids is 1. The molecule has 3 aromatic rings. The van der Waals surface area contributed by atoms with Gasteiger partial charge >= 0.3 is 0 Å². The van der Waals surface area contributed by atoms with Crippen LogP contribution in [0.1, 0.15) is 23.2 Å². The smallest absolute Gasteiger partial charge is 0.261 e. The molecule has 1 saturated heterocycles. The zero-order chi connectivity index (χ0) is 23.3. The second-order valence-electron chi connectivity index (χ2n) is 7.42. The van der Waals surface area contributed by atoms with Crippen LogP contribution in [0, 0.1) is 5.82 Å². The first-order chi connectivity index (χ1) is 15.9. The number of halogens is 1. The number of aromatic nitrogens is 1. The van der Waals surface area contributed by atoms with Crippen molar-refractivity contribution < 1.29 is 27.1 Å². The Balaban J connectivity index is 1.33. The molecule has 2 N–H and O–H groups in total. The van der Waals surface area contributed by atoms with Crippen molar-refractivity contribution in [3.63, 3.8) is 0 Å². The first kappa shape index (κ1) is 22.7. The molecule has 0 radical (unpaired) electrons. The Labute approximate surface area is 190 Å². The fourth-order valence-electron chi connectivity index (χ4n) is 3.23. The van der Waals surface area contributed by atoms with Gasteiger partial charge in [-0.15, -0.1) is 0 Å². The van der Waals surface area contributed by atoms with Crippen molar-refractivity contribution in [2.45, 2.75) is 23.8 Å². The molecule has 1 aliphatic rings. The second kappa shape index (κ2) is 9.97. The molecule has 2 heterocycles. The molecule has 0 unspecified atom stereocenters. The molecule has 0 aliphatic carbocycles. The minimum Gasteiger partial charge on any atom is -0.439 e. The number of nitrogens with one attached hydrogen (secondary N) is 2. The van der Waals surface area contributed by atoms with Crippen LogP contribution < -0.4 is 14.8 Å². The first-order valence-corrected chi connectivity index (χ1v) is 11.8. The summed E-state index contributed by atoms with van der Waals surface area (Å²) in [6.07, 6.45) is 3.44. The van der Waals surface area contributed by atoms with Crippen molar-refractivity contribution in [2.75, 3.05) is 17.9 Å². The predicted octanol–water partition coefficient (Wildman–Crippen LogP) is 3.72. The number of ether oxygens (including phenoxy) is 2. The molecule has 4 rings (SSSR count). The maximum absolute atomic E-state index is 13.0. The van der Waals surface area contributed by atoms with Crippen molar-refractivity contribution in [1.82, 2.24) is 10.3 Å². The van der Waals surface area contributed by atoms with Crippen LogP contribution >= 0.6 is 0 Å². The van der Waals surface area contributed by atoms with Gasteiger partial charge in [-0.25, -0.2) is 17.8 Å². The van der Waals surface area contributed by atoms with E-state index in [-0.39, 0.29) is 22.8 Å². The van der Waals surface area contributed by atoms with Gasteiger partial charge in [-0.1, -0.05) is 0 Å². The number of amides is 1. The molecule has 1 amide bonds. The van der Waals surface area contributed by atoms with Gasteiger partial charge in [-0.2, -0.15) is 0 Å². The Hall–Kier alpha value is -3.50. The third-order valence-electron chi connectivity index (χ3n) is 4.97. The zero-order valence-electron chi connectivity index (χ0n) is 17.5. The third-order valence-corrected chi connectivity index (χ3v) is 6.36. The minimum absolute atomic E-state index is 0.0479. The molecule has 172 valence electrons. The van der Waals surface area contributed by atoms with Crippen molar-refractivity contribution in [2.24, 2.45) is 0 Å². The third kappa shape index (κ3) is 6.05. The largest absolute Gasteiger partial charge is 0.439 e. The maximum Gasteiger partial charge on any atom is 0.261 e. The lowest BCUT2D eigenvalue weighted by molar-refractivity contribution is 0.0857. The molecular weight excluding hydrogens is 449 g/mol. The summed E-state index contributed by atoms with van der Waals surface area (Å²) >= 11 is 0. The summed E-state index contributed by atoms with van der Waals surface area (Å²) in [5, 5.41) is 2.83. The molecule has 1 aliphatic heterocycles. The van der Waals surface area contributed by atoms with E-state index in [2.05, 4.69) is 15.0 Å². The van der Waals surface area contributed by atoms with Gasteiger partial charge in [0.2, 0.25) is 5.88 Å². The van der Waals surface area contributed by atoms with Gasteiger partial charge in [-0.3, -0.25) is 9.52 Å². The lowest BCUT2D eigenvalue weighted by Gasteiger charge is -2.11. The van der Waals surface area contributed by atoms with E-state index in [1.54, 1.807) is 24.3 Å². The highest BCUT2D eigenvalue weighted by Crippen LogP contribution is 2.23. The van der Waals surface area contributed by atoms with Gasteiger partial charge in [0.05, 0.1) is 16.6 Å². The molecule has 0 bridgehead atoms. The van der Waals surface area contributed by atoms with Crippen molar-refractivity contribution in [3.8, 4) is 11.6 Å². The van der Waals surface area contributed by atoms with Crippen LogP contribution in [0.2, 0.25) is 0 Å². The number of carbonyl (C=O) groups is 1. The summed E-state index contributed by atoms with van der Waals surface area (Å²) in [4.78, 5) is 16.3. The molecule has 0 spiro atoms. The number of hydrogen-bond donors (Lipinski definition) is 2. The highest BCUT2D eigenvalue weighted by Gasteiger charge is 2.17. The Kier molecular flexibility index (Phi) is 6.85. The molecular formula is C23H22FN3O5S. The van der Waals surface area contributed by atoms with Gasteiger partial charge < -0.3 is 14.8 Å². The molecule has 1 atom stereocenters. The molecule has 1 aromatic heterocycles. The van der Waals surface area contributed by atoms with E-state index in [1.165, 1.54) is 30.5 Å². The summed E-state index contributed by atoms with van der Waals surface area (Å²) < 4.78 is 51.3. The molecule has 2 aromatic carbocycles. The van der Waals surface area contributed by atoms with E-state index >= 15 is 0 Å². The summed E-state index contributed by atoms with van der Waals surface area (Å²) in [5.74, 6) is -0.0353. The fourth-order valence-corrected chi connectivity index (χ4v) is 4.29. The molecule has 10 heteroatoms. The topological polar surface area (TPSA) is 107 Å². The van der Waals surface area contributed by atoms with Gasteiger partial charge in [0.25, 0.3) is 15.9 Å². The van der Waals surface area contributed by atoms with E-state index in [1.807, 2.05) is 0 Å². The van der Waals surface area contributed by atoms with E-state index in [0.717, 1.165) is 31.6 Å². The van der Waals surface area contributed by atoms with Crippen molar-refractivity contribution >= 4 is 21.6 Å². The van der Waals surface area contributed by atoms with E-state index in [9.17, 15) is 17.6 Å². The average molecular weight is 472 g/mol. The van der Waals surface area contributed by atoms with Gasteiger partial charge in [0, 0.05) is 31.1 Å². The summed E-state index contributed by atoms with van der Waals surface area (Å²) in [6.45, 7) is 1.20. The highest BCUT2D eigenvalue weighted by atomic mass is 32.2. The predicted molar refractivity (Wildman–Crippen MR) is 119 cm³/mol. The van der Waals surface area contributed by atoms with Crippen LogP contribution in [0.4, 0.5) is 10.1 Å². The van der Waals surface area contributed by atoms with E-state index < -0.39 is 15.8 Å². The number of nitrogens with zero attached hydrogens (tertiary/aromatic N) is 1. The summed E-state index contributed by atoms with van der Waals surface area (Å²) in [5.41, 5.74) is 0.726. The van der Waals surface area contributed by atoms with Gasteiger partial charge in [0.15, 0.2) is 0 Å². The van der Waals surface area contributed by atoms with Crippen LogP contribution in [0.3, 0.4) is 0 Å². The summed E-state index contributed by atoms with van der Waals surface area (Å²) in [7, 11) is -3.84. The van der Waals surface area contributed by atoms with Crippen LogP contribution in [-0.4, -0.2) is 38.6 Å². The quantitative estimate of drug-likeness (QED) is 0.519. The van der Waals surface area contributed by atoms with Crippen LogP contribution in [0.15, 0.2) is 71.8 Å². The number of pyridine rings is 1. The Morgan fingerprint density at radius 1 is 1.09 bits per heavy atom. The fraction of sp³-hybridized carbons (Fsp3) is 0.217. The molecule has 0 saturated carbocycles. The Morgan fingerprint density at radius 3 is 2.48 bits per heavy atom. The van der Waals surface area contributed by atoms with Gasteiger partial charge in [0.1, 0.15) is 11.6 Å². The van der Waals surface area contributed by atoms with Crippen molar-refractivity contribution in [3.05, 3.63) is 78.2 Å². The number of hydrogen-bond acceptors (Lipinski definition) is 6. The number of benzene rings is 2. The Morgan fingerprint density at radius 2 is 1.85 bits per heavy atom. The number of sulfonamides is 1.